The van der Waals surface area contributed by atoms with Gasteiger partial charge in [-0.2, -0.15) is 0 Å². The van der Waals surface area contributed by atoms with E-state index in [2.05, 4.69) is 52.0 Å². The van der Waals surface area contributed by atoms with E-state index in [1.165, 1.54) is 5.56 Å². The standard InChI is InChI=1S/C18H30O2/c1-15(2)10-12-19-18(20-13-11-16(3)4)14-17-8-6-5-7-9-17/h5-9,15-16,18H,10-14H2,1-4H3. The van der Waals surface area contributed by atoms with E-state index in [-0.39, 0.29) is 6.29 Å². The number of hydrogen-bond acceptors (Lipinski definition) is 2. The molecule has 0 unspecified atom stereocenters. The molecule has 1 rings (SSSR count). The summed E-state index contributed by atoms with van der Waals surface area (Å²) in [6, 6.07) is 10.4. The predicted molar refractivity (Wildman–Crippen MR) is 84.7 cm³/mol. The third kappa shape index (κ3) is 8.34. The van der Waals surface area contributed by atoms with Crippen LogP contribution in [0.4, 0.5) is 0 Å². The summed E-state index contributed by atoms with van der Waals surface area (Å²) in [5.41, 5.74) is 1.27. The van der Waals surface area contributed by atoms with Crippen molar-refractivity contribution >= 4 is 0 Å². The van der Waals surface area contributed by atoms with Gasteiger partial charge >= 0.3 is 0 Å². The molecule has 0 saturated carbocycles. The summed E-state index contributed by atoms with van der Waals surface area (Å²) in [6.07, 6.45) is 2.88. The van der Waals surface area contributed by atoms with Gasteiger partial charge in [-0.1, -0.05) is 58.0 Å². The normalized spacial score (nSPS) is 11.8. The fraction of sp³-hybridized carbons (Fsp3) is 0.667. The van der Waals surface area contributed by atoms with Crippen LogP contribution in [0.2, 0.25) is 0 Å². The summed E-state index contributed by atoms with van der Waals surface area (Å²) < 4.78 is 11.8. The van der Waals surface area contributed by atoms with Crippen molar-refractivity contribution in [1.82, 2.24) is 0 Å². The van der Waals surface area contributed by atoms with Crippen LogP contribution in [0.1, 0.15) is 46.1 Å². The lowest BCUT2D eigenvalue weighted by Crippen LogP contribution is -2.22. The summed E-state index contributed by atoms with van der Waals surface area (Å²) in [6.45, 7) is 10.4. The van der Waals surface area contributed by atoms with Crippen molar-refractivity contribution in [2.45, 2.75) is 53.2 Å². The maximum absolute atomic E-state index is 5.92. The molecule has 0 aliphatic rings. The van der Waals surface area contributed by atoms with Gasteiger partial charge in [-0.25, -0.2) is 0 Å². The quantitative estimate of drug-likeness (QED) is 0.578. The van der Waals surface area contributed by atoms with E-state index in [0.29, 0.717) is 11.8 Å². The second kappa shape index (κ2) is 9.95. The fourth-order valence-electron chi connectivity index (χ4n) is 1.84. The van der Waals surface area contributed by atoms with Gasteiger partial charge in [0.05, 0.1) is 0 Å². The summed E-state index contributed by atoms with van der Waals surface area (Å²) in [4.78, 5) is 0. The summed E-state index contributed by atoms with van der Waals surface area (Å²) in [5.74, 6) is 1.34. The van der Waals surface area contributed by atoms with Crippen molar-refractivity contribution in [3.05, 3.63) is 35.9 Å². The molecule has 1 aromatic carbocycles. The van der Waals surface area contributed by atoms with Gasteiger partial charge in [-0.15, -0.1) is 0 Å². The van der Waals surface area contributed by atoms with Gasteiger partial charge < -0.3 is 9.47 Å². The molecule has 0 fully saturated rings. The minimum Gasteiger partial charge on any atom is -0.352 e. The number of benzene rings is 1. The van der Waals surface area contributed by atoms with E-state index in [1.54, 1.807) is 0 Å². The molecule has 20 heavy (non-hydrogen) atoms. The highest BCUT2D eigenvalue weighted by Crippen LogP contribution is 2.11. The molecule has 2 heteroatoms. The predicted octanol–water partition coefficient (Wildman–Crippen LogP) is 4.68. The Balaban J connectivity index is 2.41. The average Bonchev–Trinajstić information content (AvgIpc) is 2.38. The van der Waals surface area contributed by atoms with Crippen LogP contribution in [0.5, 0.6) is 0 Å². The molecular weight excluding hydrogens is 248 g/mol. The molecule has 1 aromatic rings. The van der Waals surface area contributed by atoms with E-state index in [1.807, 2.05) is 6.07 Å². The van der Waals surface area contributed by atoms with Crippen molar-refractivity contribution in [3.63, 3.8) is 0 Å². The lowest BCUT2D eigenvalue weighted by molar-refractivity contribution is -0.144. The van der Waals surface area contributed by atoms with E-state index >= 15 is 0 Å². The van der Waals surface area contributed by atoms with Gasteiger partial charge in [0, 0.05) is 19.6 Å². The highest BCUT2D eigenvalue weighted by atomic mass is 16.7. The summed E-state index contributed by atoms with van der Waals surface area (Å²) >= 11 is 0. The fourth-order valence-corrected chi connectivity index (χ4v) is 1.84. The summed E-state index contributed by atoms with van der Waals surface area (Å²) in [5, 5.41) is 0. The van der Waals surface area contributed by atoms with Gasteiger partial charge in [0.15, 0.2) is 6.29 Å². The maximum atomic E-state index is 5.92. The molecule has 2 nitrogen and oxygen atoms in total. The Bertz CT molecular complexity index is 319. The first-order chi connectivity index (χ1) is 9.58. The van der Waals surface area contributed by atoms with Gasteiger partial charge in [-0.3, -0.25) is 0 Å². The van der Waals surface area contributed by atoms with Crippen LogP contribution >= 0.6 is 0 Å². The zero-order valence-corrected chi connectivity index (χ0v) is 13.5. The molecule has 0 radical (unpaired) electrons. The number of hydrogen-bond donors (Lipinski definition) is 0. The molecule has 0 spiro atoms. The topological polar surface area (TPSA) is 18.5 Å². The van der Waals surface area contributed by atoms with Crippen LogP contribution in [0.25, 0.3) is 0 Å². The minimum absolute atomic E-state index is 0.116. The van der Waals surface area contributed by atoms with Gasteiger partial charge in [0.25, 0.3) is 0 Å². The van der Waals surface area contributed by atoms with E-state index in [4.69, 9.17) is 9.47 Å². The second-order valence-corrected chi connectivity index (χ2v) is 6.23. The SMILES string of the molecule is CC(C)CCOC(Cc1ccccc1)OCCC(C)C. The van der Waals surface area contributed by atoms with E-state index in [0.717, 1.165) is 32.5 Å². The van der Waals surface area contributed by atoms with Crippen molar-refractivity contribution in [3.8, 4) is 0 Å². The molecule has 0 aliphatic carbocycles. The molecule has 0 aliphatic heterocycles. The Hall–Kier alpha value is -0.860. The molecule has 0 bridgehead atoms. The largest absolute Gasteiger partial charge is 0.352 e. The Labute approximate surface area is 124 Å². The first-order valence-corrected chi connectivity index (χ1v) is 7.85. The molecule has 0 heterocycles. The van der Waals surface area contributed by atoms with Gasteiger partial charge in [-0.05, 0) is 30.2 Å². The van der Waals surface area contributed by atoms with Gasteiger partial charge in [0.2, 0.25) is 0 Å². The van der Waals surface area contributed by atoms with E-state index < -0.39 is 0 Å². The first kappa shape index (κ1) is 17.2. The average molecular weight is 278 g/mol. The Morgan fingerprint density at radius 1 is 0.800 bits per heavy atom. The van der Waals surface area contributed by atoms with Gasteiger partial charge in [0.1, 0.15) is 0 Å². The number of rotatable bonds is 10. The Morgan fingerprint density at radius 3 is 1.75 bits per heavy atom. The molecule has 0 aromatic heterocycles. The molecule has 0 amide bonds. The van der Waals surface area contributed by atoms with Crippen molar-refractivity contribution in [1.29, 1.82) is 0 Å². The van der Waals surface area contributed by atoms with Crippen LogP contribution in [-0.2, 0) is 15.9 Å². The van der Waals surface area contributed by atoms with Crippen molar-refractivity contribution in [2.24, 2.45) is 11.8 Å². The molecular formula is C18H30O2. The lowest BCUT2D eigenvalue weighted by atomic mass is 10.1. The van der Waals surface area contributed by atoms with Crippen molar-refractivity contribution < 1.29 is 9.47 Å². The Morgan fingerprint density at radius 2 is 1.30 bits per heavy atom. The molecule has 114 valence electrons. The smallest absolute Gasteiger partial charge is 0.161 e. The lowest BCUT2D eigenvalue weighted by Gasteiger charge is -2.20. The maximum Gasteiger partial charge on any atom is 0.161 e. The van der Waals surface area contributed by atoms with Crippen LogP contribution in [0.15, 0.2) is 30.3 Å². The summed E-state index contributed by atoms with van der Waals surface area (Å²) in [7, 11) is 0. The highest BCUT2D eigenvalue weighted by molar-refractivity contribution is 5.15. The molecule has 0 N–H and O–H groups in total. The third-order valence-electron chi connectivity index (χ3n) is 3.24. The monoisotopic (exact) mass is 278 g/mol. The second-order valence-electron chi connectivity index (χ2n) is 6.23. The van der Waals surface area contributed by atoms with Crippen LogP contribution in [-0.4, -0.2) is 19.5 Å². The van der Waals surface area contributed by atoms with Crippen LogP contribution < -0.4 is 0 Å². The van der Waals surface area contributed by atoms with Crippen LogP contribution in [0, 0.1) is 11.8 Å². The third-order valence-corrected chi connectivity index (χ3v) is 3.24. The Kier molecular flexibility index (Phi) is 8.56. The van der Waals surface area contributed by atoms with Crippen LogP contribution in [0.3, 0.4) is 0 Å². The van der Waals surface area contributed by atoms with Crippen molar-refractivity contribution in [2.75, 3.05) is 13.2 Å². The number of ether oxygens (including phenoxy) is 2. The zero-order chi connectivity index (χ0) is 14.8. The molecule has 0 atom stereocenters. The molecule has 0 saturated heterocycles. The minimum atomic E-state index is -0.116. The zero-order valence-electron chi connectivity index (χ0n) is 13.5. The van der Waals surface area contributed by atoms with E-state index in [9.17, 15) is 0 Å². The first-order valence-electron chi connectivity index (χ1n) is 7.85. The highest BCUT2D eigenvalue weighted by Gasteiger charge is 2.11.